The smallest absolute Gasteiger partial charge is 0.261 e. The van der Waals surface area contributed by atoms with E-state index in [1.54, 1.807) is 6.92 Å². The van der Waals surface area contributed by atoms with E-state index in [1.165, 1.54) is 0 Å². The molecule has 1 aromatic rings. The Hall–Kier alpha value is -2.17. The van der Waals surface area contributed by atoms with E-state index in [4.69, 9.17) is 16.9 Å². The van der Waals surface area contributed by atoms with Crippen LogP contribution in [0.2, 0.25) is 5.02 Å². The Morgan fingerprint density at radius 3 is 2.38 bits per heavy atom. The third-order valence-corrected chi connectivity index (χ3v) is 5.56. The second kappa shape index (κ2) is 7.22. The van der Waals surface area contributed by atoms with Crippen LogP contribution in [0.3, 0.4) is 0 Å². The minimum atomic E-state index is -0.855. The monoisotopic (exact) mass is 392 g/mol. The second-order valence-electron chi connectivity index (χ2n) is 6.07. The first-order valence-electron chi connectivity index (χ1n) is 8.05. The molecule has 8 heteroatoms. The van der Waals surface area contributed by atoms with E-state index in [0.29, 0.717) is 24.0 Å². The number of carbonyl (C=O) groups is 3. The molecule has 1 atom stereocenters. The molecule has 1 aliphatic heterocycles. The van der Waals surface area contributed by atoms with Crippen LogP contribution in [0.25, 0.3) is 0 Å². The number of benzene rings is 1. The number of hydrogen-bond acceptors (Lipinski definition) is 5. The van der Waals surface area contributed by atoms with Gasteiger partial charge in [-0.05, 0) is 44.7 Å². The Kier molecular flexibility index (Phi) is 5.17. The van der Waals surface area contributed by atoms with E-state index in [1.807, 2.05) is 6.07 Å². The average Bonchev–Trinajstić information content (AvgIpc) is 2.86. The highest BCUT2D eigenvalue weighted by atomic mass is 35.5. The van der Waals surface area contributed by atoms with Crippen LogP contribution in [0.15, 0.2) is 23.3 Å². The summed E-state index contributed by atoms with van der Waals surface area (Å²) in [6.45, 7) is 1.55. The molecule has 0 radical (unpaired) electrons. The zero-order valence-corrected chi connectivity index (χ0v) is 15.4. The van der Waals surface area contributed by atoms with Gasteiger partial charge in [-0.1, -0.05) is 23.4 Å². The van der Waals surface area contributed by atoms with E-state index in [9.17, 15) is 18.8 Å². The van der Waals surface area contributed by atoms with Gasteiger partial charge in [-0.25, -0.2) is 9.29 Å². The van der Waals surface area contributed by atoms with Gasteiger partial charge in [-0.3, -0.25) is 14.4 Å². The SMILES string of the molecule is CC(C#N)SC(=O)c1cc(N2C(=O)C3=C(CCCC3)C2=O)c(F)cc1Cl. The molecule has 0 saturated carbocycles. The van der Waals surface area contributed by atoms with Gasteiger partial charge in [0.25, 0.3) is 11.8 Å². The molecule has 1 aliphatic carbocycles. The summed E-state index contributed by atoms with van der Waals surface area (Å²) >= 11 is 6.71. The Bertz CT molecular complexity index is 878. The van der Waals surface area contributed by atoms with Gasteiger partial charge in [0.1, 0.15) is 5.82 Å². The van der Waals surface area contributed by atoms with Crippen LogP contribution in [0.4, 0.5) is 10.1 Å². The second-order valence-corrected chi connectivity index (χ2v) is 7.79. The molecule has 2 aliphatic rings. The highest BCUT2D eigenvalue weighted by Gasteiger charge is 2.41. The number of carbonyl (C=O) groups excluding carboxylic acids is 3. The van der Waals surface area contributed by atoms with Gasteiger partial charge in [0.05, 0.1) is 22.0 Å². The predicted molar refractivity (Wildman–Crippen MR) is 96.4 cm³/mol. The van der Waals surface area contributed by atoms with Crippen molar-refractivity contribution in [1.29, 1.82) is 5.26 Å². The number of amides is 2. The third-order valence-electron chi connectivity index (χ3n) is 4.35. The fourth-order valence-corrected chi connectivity index (χ4v) is 4.04. The first kappa shape index (κ1) is 18.6. The number of nitrogens with zero attached hydrogens (tertiary/aromatic N) is 2. The third kappa shape index (κ3) is 3.15. The molecule has 1 heterocycles. The molecule has 1 unspecified atom stereocenters. The molecule has 0 N–H and O–H groups in total. The Labute approximate surface area is 158 Å². The van der Waals surface area contributed by atoms with Crippen LogP contribution in [-0.4, -0.2) is 22.2 Å². The number of thioether (sulfide) groups is 1. The number of anilines is 1. The maximum absolute atomic E-state index is 14.5. The van der Waals surface area contributed by atoms with Crippen molar-refractivity contribution in [2.24, 2.45) is 0 Å². The van der Waals surface area contributed by atoms with Gasteiger partial charge in [0.15, 0.2) is 0 Å². The number of imide groups is 1. The molecule has 2 amide bonds. The Morgan fingerprint density at radius 1 is 1.27 bits per heavy atom. The number of nitriles is 1. The lowest BCUT2D eigenvalue weighted by Crippen LogP contribution is -2.32. The molecular weight excluding hydrogens is 379 g/mol. The predicted octanol–water partition coefficient (Wildman–Crippen LogP) is 4.01. The fraction of sp³-hybridized carbons (Fsp3) is 0.333. The summed E-state index contributed by atoms with van der Waals surface area (Å²) in [4.78, 5) is 38.3. The van der Waals surface area contributed by atoms with E-state index >= 15 is 0 Å². The molecular formula is C18H14ClFN2O3S. The summed E-state index contributed by atoms with van der Waals surface area (Å²) < 4.78 is 14.5. The Balaban J connectivity index is 2.00. The molecule has 134 valence electrons. The maximum Gasteiger partial charge on any atom is 0.261 e. The van der Waals surface area contributed by atoms with Crippen molar-refractivity contribution in [3.63, 3.8) is 0 Å². The van der Waals surface area contributed by atoms with Crippen LogP contribution < -0.4 is 4.90 Å². The average molecular weight is 393 g/mol. The molecule has 1 aromatic carbocycles. The van der Waals surface area contributed by atoms with Crippen molar-refractivity contribution < 1.29 is 18.8 Å². The quantitative estimate of drug-likeness (QED) is 0.726. The standard InChI is InChI=1S/C18H14ClFN2O3S/c1-9(8-21)26-18(25)12-6-15(14(20)7-13(12)19)22-16(23)10-4-2-3-5-11(10)17(22)24/h6-7,9H,2-5H2,1H3. The summed E-state index contributed by atoms with van der Waals surface area (Å²) in [5.41, 5.74) is 0.528. The summed E-state index contributed by atoms with van der Waals surface area (Å²) in [5, 5.41) is 7.57. The zero-order valence-electron chi connectivity index (χ0n) is 13.8. The lowest BCUT2D eigenvalue weighted by atomic mass is 9.93. The highest BCUT2D eigenvalue weighted by molar-refractivity contribution is 8.14. The summed E-state index contributed by atoms with van der Waals surface area (Å²) in [6.07, 6.45) is 2.60. The van der Waals surface area contributed by atoms with Crippen molar-refractivity contribution in [2.75, 3.05) is 4.90 Å². The lowest BCUT2D eigenvalue weighted by Gasteiger charge is -2.17. The molecule has 3 rings (SSSR count). The van der Waals surface area contributed by atoms with Gasteiger partial charge < -0.3 is 0 Å². The van der Waals surface area contributed by atoms with Crippen LogP contribution >= 0.6 is 23.4 Å². The van der Waals surface area contributed by atoms with Crippen molar-refractivity contribution in [3.05, 3.63) is 39.7 Å². The lowest BCUT2D eigenvalue weighted by molar-refractivity contribution is -0.120. The minimum absolute atomic E-state index is 0.0411. The summed E-state index contributed by atoms with van der Waals surface area (Å²) in [5.74, 6) is -1.93. The topological polar surface area (TPSA) is 78.2 Å². The van der Waals surface area contributed by atoms with Gasteiger partial charge in [0.2, 0.25) is 5.12 Å². The summed E-state index contributed by atoms with van der Waals surface area (Å²) in [6, 6.07) is 3.95. The Morgan fingerprint density at radius 2 is 1.85 bits per heavy atom. The molecule has 0 saturated heterocycles. The van der Waals surface area contributed by atoms with Crippen LogP contribution in [0.1, 0.15) is 43.0 Å². The van der Waals surface area contributed by atoms with Crippen LogP contribution in [-0.2, 0) is 9.59 Å². The van der Waals surface area contributed by atoms with Crippen molar-refractivity contribution in [2.45, 2.75) is 37.9 Å². The van der Waals surface area contributed by atoms with Crippen LogP contribution in [0.5, 0.6) is 0 Å². The fourth-order valence-electron chi connectivity index (χ4n) is 3.07. The molecule has 0 aromatic heterocycles. The normalized spacial score (nSPS) is 18.0. The summed E-state index contributed by atoms with van der Waals surface area (Å²) in [7, 11) is 0. The van der Waals surface area contributed by atoms with Crippen molar-refractivity contribution in [3.8, 4) is 6.07 Å². The van der Waals surface area contributed by atoms with Crippen LogP contribution in [0, 0.1) is 17.1 Å². The number of halogens is 2. The maximum atomic E-state index is 14.5. The number of hydrogen-bond donors (Lipinski definition) is 0. The minimum Gasteiger partial charge on any atom is -0.281 e. The zero-order chi connectivity index (χ0) is 19.0. The molecule has 26 heavy (non-hydrogen) atoms. The first-order chi connectivity index (χ1) is 12.3. The number of rotatable bonds is 3. The van der Waals surface area contributed by atoms with Gasteiger partial charge in [-0.2, -0.15) is 5.26 Å². The van der Waals surface area contributed by atoms with Gasteiger partial charge in [0, 0.05) is 16.7 Å². The van der Waals surface area contributed by atoms with Gasteiger partial charge in [-0.15, -0.1) is 0 Å². The van der Waals surface area contributed by atoms with E-state index in [-0.39, 0.29) is 16.3 Å². The first-order valence-corrected chi connectivity index (χ1v) is 9.31. The van der Waals surface area contributed by atoms with Crippen molar-refractivity contribution in [1.82, 2.24) is 0 Å². The molecule has 0 fully saturated rings. The molecule has 5 nitrogen and oxygen atoms in total. The van der Waals surface area contributed by atoms with E-state index < -0.39 is 28.0 Å². The highest BCUT2D eigenvalue weighted by Crippen LogP contribution is 2.38. The van der Waals surface area contributed by atoms with E-state index in [0.717, 1.165) is 41.6 Å². The largest absolute Gasteiger partial charge is 0.281 e. The molecule has 0 bridgehead atoms. The van der Waals surface area contributed by atoms with Gasteiger partial charge >= 0.3 is 0 Å². The van der Waals surface area contributed by atoms with E-state index in [2.05, 4.69) is 0 Å². The van der Waals surface area contributed by atoms with Crippen molar-refractivity contribution >= 4 is 46.0 Å². The molecule has 0 spiro atoms.